The van der Waals surface area contributed by atoms with Crippen LogP contribution in [0, 0.1) is 11.6 Å². The smallest absolute Gasteiger partial charge is 0.341 e. The van der Waals surface area contributed by atoms with E-state index in [1.807, 2.05) is 6.92 Å². The van der Waals surface area contributed by atoms with E-state index in [-0.39, 0.29) is 23.6 Å². The Balaban J connectivity index is 1.64. The summed E-state index contributed by atoms with van der Waals surface area (Å²) in [7, 11) is 0. The molecule has 1 aliphatic carbocycles. The third-order valence-electron chi connectivity index (χ3n) is 4.66. The summed E-state index contributed by atoms with van der Waals surface area (Å²) in [6.07, 6.45) is 3.17. The molecule has 0 heterocycles. The molecule has 0 aromatic heterocycles. The molecule has 2 aromatic rings. The van der Waals surface area contributed by atoms with E-state index in [2.05, 4.69) is 0 Å². The third-order valence-corrected chi connectivity index (χ3v) is 4.66. The number of carbonyl (C=O) groups is 1. The minimum absolute atomic E-state index is 0.0807. The number of rotatable bonds is 5. The van der Waals surface area contributed by atoms with E-state index in [1.54, 1.807) is 18.2 Å². The highest BCUT2D eigenvalue weighted by molar-refractivity contribution is 5.90. The first-order chi connectivity index (χ1) is 12.6. The quantitative estimate of drug-likeness (QED) is 0.693. The maximum absolute atomic E-state index is 14.4. The van der Waals surface area contributed by atoms with E-state index in [9.17, 15) is 13.6 Å². The van der Waals surface area contributed by atoms with Crippen LogP contribution >= 0.6 is 0 Å². The van der Waals surface area contributed by atoms with Gasteiger partial charge in [0.25, 0.3) is 0 Å². The molecule has 0 spiro atoms. The minimum Gasteiger partial charge on any atom is -0.459 e. The molecule has 1 saturated carbocycles. The number of ether oxygens (including phenoxy) is 2. The van der Waals surface area contributed by atoms with Crippen LogP contribution in [0.5, 0.6) is 0 Å². The fraction of sp³-hybridized carbons (Fsp3) is 0.381. The lowest BCUT2D eigenvalue weighted by atomic mass is 9.95. The Labute approximate surface area is 151 Å². The van der Waals surface area contributed by atoms with Gasteiger partial charge in [-0.25, -0.2) is 13.6 Å². The van der Waals surface area contributed by atoms with Crippen molar-refractivity contribution in [2.75, 3.05) is 6.61 Å². The Bertz CT molecular complexity index is 750. The second kappa shape index (κ2) is 8.41. The topological polar surface area (TPSA) is 35.5 Å². The van der Waals surface area contributed by atoms with E-state index < -0.39 is 11.8 Å². The maximum Gasteiger partial charge on any atom is 0.341 e. The summed E-state index contributed by atoms with van der Waals surface area (Å²) in [4.78, 5) is 12.3. The molecule has 5 heteroatoms. The molecular weight excluding hydrogens is 338 g/mol. The predicted octanol–water partition coefficient (Wildman–Crippen LogP) is 5.14. The summed E-state index contributed by atoms with van der Waals surface area (Å²) in [5, 5.41) is 0. The molecule has 1 fully saturated rings. The van der Waals surface area contributed by atoms with Crippen molar-refractivity contribution >= 4 is 5.97 Å². The van der Waals surface area contributed by atoms with Gasteiger partial charge in [0.2, 0.25) is 0 Å². The normalized spacial score (nSPS) is 20.0. The van der Waals surface area contributed by atoms with Gasteiger partial charge in [-0.05, 0) is 68.0 Å². The number of halogens is 2. The fourth-order valence-electron chi connectivity index (χ4n) is 3.27. The Hall–Kier alpha value is -2.27. The lowest BCUT2D eigenvalue weighted by Crippen LogP contribution is -2.28. The van der Waals surface area contributed by atoms with Crippen LogP contribution in [0.1, 0.15) is 43.0 Å². The molecule has 0 aliphatic heterocycles. The van der Waals surface area contributed by atoms with Crippen molar-refractivity contribution in [3.8, 4) is 11.1 Å². The van der Waals surface area contributed by atoms with Crippen molar-refractivity contribution in [1.29, 1.82) is 0 Å². The number of hydrogen-bond donors (Lipinski definition) is 0. The molecule has 1 aliphatic rings. The number of hydrogen-bond acceptors (Lipinski definition) is 3. The summed E-state index contributed by atoms with van der Waals surface area (Å²) in [5.41, 5.74) is 1.18. The zero-order valence-electron chi connectivity index (χ0n) is 14.7. The van der Waals surface area contributed by atoms with Gasteiger partial charge in [-0.2, -0.15) is 0 Å². The summed E-state index contributed by atoms with van der Waals surface area (Å²) in [6, 6.07) is 10.1. The second-order valence-corrected chi connectivity index (χ2v) is 6.46. The molecule has 0 N–H and O–H groups in total. The molecule has 2 aromatic carbocycles. The Kier molecular flexibility index (Phi) is 5.99. The number of carbonyl (C=O) groups excluding carboxylic acids is 1. The summed E-state index contributed by atoms with van der Waals surface area (Å²) < 4.78 is 38.4. The van der Waals surface area contributed by atoms with Gasteiger partial charge in [-0.3, -0.25) is 0 Å². The van der Waals surface area contributed by atoms with Crippen LogP contribution in [0.3, 0.4) is 0 Å². The van der Waals surface area contributed by atoms with Gasteiger partial charge in [-0.15, -0.1) is 0 Å². The molecule has 26 heavy (non-hydrogen) atoms. The van der Waals surface area contributed by atoms with Gasteiger partial charge in [0, 0.05) is 6.61 Å². The zero-order valence-corrected chi connectivity index (χ0v) is 14.7. The maximum atomic E-state index is 14.4. The molecule has 138 valence electrons. The first kappa shape index (κ1) is 18.5. The van der Waals surface area contributed by atoms with Crippen molar-refractivity contribution in [2.45, 2.75) is 44.8 Å². The third kappa shape index (κ3) is 4.47. The van der Waals surface area contributed by atoms with Crippen molar-refractivity contribution < 1.29 is 23.0 Å². The van der Waals surface area contributed by atoms with Crippen LogP contribution in [-0.2, 0) is 9.47 Å². The molecule has 0 unspecified atom stereocenters. The molecular formula is C21H22F2O3. The van der Waals surface area contributed by atoms with E-state index in [1.165, 1.54) is 24.3 Å². The van der Waals surface area contributed by atoms with Crippen LogP contribution in [0.4, 0.5) is 8.78 Å². The van der Waals surface area contributed by atoms with Gasteiger partial charge in [0.15, 0.2) is 0 Å². The van der Waals surface area contributed by atoms with E-state index in [0.29, 0.717) is 17.7 Å². The van der Waals surface area contributed by atoms with Gasteiger partial charge < -0.3 is 9.47 Å². The number of esters is 1. The van der Waals surface area contributed by atoms with Crippen LogP contribution < -0.4 is 0 Å². The molecule has 0 atom stereocenters. The predicted molar refractivity (Wildman–Crippen MR) is 94.9 cm³/mol. The summed E-state index contributed by atoms with van der Waals surface area (Å²) in [5.74, 6) is -1.64. The van der Waals surface area contributed by atoms with Crippen molar-refractivity contribution in [3.05, 3.63) is 59.7 Å². The van der Waals surface area contributed by atoms with Crippen molar-refractivity contribution in [1.82, 2.24) is 0 Å². The van der Waals surface area contributed by atoms with Crippen LogP contribution in [-0.4, -0.2) is 24.8 Å². The minimum atomic E-state index is -0.645. The first-order valence-corrected chi connectivity index (χ1v) is 8.95. The Morgan fingerprint density at radius 3 is 2.19 bits per heavy atom. The van der Waals surface area contributed by atoms with Crippen LogP contribution in [0.25, 0.3) is 11.1 Å². The highest BCUT2D eigenvalue weighted by atomic mass is 19.1. The zero-order chi connectivity index (χ0) is 18.5. The number of benzene rings is 2. The molecule has 3 rings (SSSR count). The van der Waals surface area contributed by atoms with Gasteiger partial charge in [-0.1, -0.05) is 18.2 Å². The fourth-order valence-corrected chi connectivity index (χ4v) is 3.27. The highest BCUT2D eigenvalue weighted by Gasteiger charge is 2.25. The van der Waals surface area contributed by atoms with Crippen LogP contribution in [0.2, 0.25) is 0 Å². The largest absolute Gasteiger partial charge is 0.459 e. The summed E-state index contributed by atoms with van der Waals surface area (Å²) >= 11 is 0. The molecule has 0 saturated heterocycles. The highest BCUT2D eigenvalue weighted by Crippen LogP contribution is 2.26. The van der Waals surface area contributed by atoms with E-state index in [0.717, 1.165) is 25.7 Å². The van der Waals surface area contributed by atoms with Crippen LogP contribution in [0.15, 0.2) is 42.5 Å². The average Bonchev–Trinajstić information content (AvgIpc) is 2.64. The second-order valence-electron chi connectivity index (χ2n) is 6.46. The Morgan fingerprint density at radius 1 is 0.962 bits per heavy atom. The standard InChI is InChI=1S/C21H22F2O3/c1-2-25-17-8-10-18(11-9-17)26-21(24)19-12-5-15(13-20(19)23)14-3-6-16(22)7-4-14/h3-7,12-13,17-18H,2,8-11H2,1H3. The molecule has 0 radical (unpaired) electrons. The van der Waals surface area contributed by atoms with Gasteiger partial charge in [0.1, 0.15) is 17.7 Å². The van der Waals surface area contributed by atoms with Gasteiger partial charge in [0.05, 0.1) is 11.7 Å². The monoisotopic (exact) mass is 360 g/mol. The Morgan fingerprint density at radius 2 is 1.58 bits per heavy atom. The lowest BCUT2D eigenvalue weighted by molar-refractivity contribution is -0.0165. The van der Waals surface area contributed by atoms with E-state index >= 15 is 0 Å². The summed E-state index contributed by atoms with van der Waals surface area (Å²) in [6.45, 7) is 2.64. The van der Waals surface area contributed by atoms with Gasteiger partial charge >= 0.3 is 5.97 Å². The first-order valence-electron chi connectivity index (χ1n) is 8.95. The lowest BCUT2D eigenvalue weighted by Gasteiger charge is -2.28. The van der Waals surface area contributed by atoms with Crippen molar-refractivity contribution in [3.63, 3.8) is 0 Å². The van der Waals surface area contributed by atoms with Crippen molar-refractivity contribution in [2.24, 2.45) is 0 Å². The molecule has 3 nitrogen and oxygen atoms in total. The van der Waals surface area contributed by atoms with E-state index in [4.69, 9.17) is 9.47 Å². The average molecular weight is 360 g/mol. The SMILES string of the molecule is CCOC1CCC(OC(=O)c2ccc(-c3ccc(F)cc3)cc2F)CC1. The molecule has 0 bridgehead atoms. The molecule has 0 amide bonds.